The van der Waals surface area contributed by atoms with Gasteiger partial charge in [-0.2, -0.15) is 0 Å². The van der Waals surface area contributed by atoms with Crippen LogP contribution in [0.5, 0.6) is 0 Å². The molecule has 6 nitrogen and oxygen atoms in total. The van der Waals surface area contributed by atoms with Gasteiger partial charge in [0.2, 0.25) is 10.0 Å². The second kappa shape index (κ2) is 2.67. The van der Waals surface area contributed by atoms with E-state index in [1.807, 2.05) is 0 Å². The first-order valence-corrected chi connectivity index (χ1v) is 4.64. The zero-order chi connectivity index (χ0) is 8.48. The predicted octanol–water partition coefficient (Wildman–Crippen LogP) is -1.62. The molecule has 0 bridgehead atoms. The molecule has 64 valence electrons. The van der Waals surface area contributed by atoms with Crippen molar-refractivity contribution >= 4 is 16.1 Å². The number of nitrogens with two attached hydrogens (primary N) is 1. The quantitative estimate of drug-likeness (QED) is 0.533. The van der Waals surface area contributed by atoms with Crippen LogP contribution in [-0.2, 0) is 14.8 Å². The van der Waals surface area contributed by atoms with Gasteiger partial charge in [0.25, 0.3) is 0 Å². The number of sulfonamides is 1. The summed E-state index contributed by atoms with van der Waals surface area (Å²) in [6, 6.07) is 0. The lowest BCUT2D eigenvalue weighted by molar-refractivity contribution is 0.149. The highest BCUT2D eigenvalue weighted by Gasteiger charge is 2.25. The lowest BCUT2D eigenvalue weighted by atomic mass is 10.4. The van der Waals surface area contributed by atoms with E-state index in [1.54, 1.807) is 0 Å². The Balaban J connectivity index is 2.47. The van der Waals surface area contributed by atoms with Gasteiger partial charge in [-0.15, -0.1) is 0 Å². The van der Waals surface area contributed by atoms with Crippen molar-refractivity contribution in [1.82, 2.24) is 5.32 Å². The SMILES string of the molecule is NS(=O)(=O)CC1CNC(=O)O1. The van der Waals surface area contributed by atoms with E-state index in [-0.39, 0.29) is 12.3 Å². The van der Waals surface area contributed by atoms with Crippen molar-refractivity contribution in [3.63, 3.8) is 0 Å². The molecule has 7 heteroatoms. The Bertz CT molecular complexity index is 259. The minimum Gasteiger partial charge on any atom is -0.443 e. The number of nitrogens with one attached hydrogen (secondary N) is 1. The molecule has 1 atom stereocenters. The van der Waals surface area contributed by atoms with Crippen molar-refractivity contribution in [3.05, 3.63) is 0 Å². The normalized spacial score (nSPS) is 24.5. The topological polar surface area (TPSA) is 98.5 Å². The van der Waals surface area contributed by atoms with Crippen LogP contribution in [0.3, 0.4) is 0 Å². The monoisotopic (exact) mass is 180 g/mol. The van der Waals surface area contributed by atoms with E-state index >= 15 is 0 Å². The van der Waals surface area contributed by atoms with Crippen LogP contribution in [0.25, 0.3) is 0 Å². The Morgan fingerprint density at radius 1 is 1.73 bits per heavy atom. The maximum absolute atomic E-state index is 10.5. The summed E-state index contributed by atoms with van der Waals surface area (Å²) in [5.41, 5.74) is 0. The maximum atomic E-state index is 10.5. The zero-order valence-corrected chi connectivity index (χ0v) is 6.43. The zero-order valence-electron chi connectivity index (χ0n) is 5.61. The predicted molar refractivity (Wildman–Crippen MR) is 36.2 cm³/mol. The highest BCUT2D eigenvalue weighted by atomic mass is 32.2. The summed E-state index contributed by atoms with van der Waals surface area (Å²) in [5, 5.41) is 7.02. The fourth-order valence-corrected chi connectivity index (χ4v) is 1.49. The molecule has 0 spiro atoms. The lowest BCUT2D eigenvalue weighted by Gasteiger charge is -2.03. The van der Waals surface area contributed by atoms with Gasteiger partial charge in [-0.25, -0.2) is 18.4 Å². The Kier molecular flexibility index (Phi) is 2.01. The molecular formula is C4H8N2O4S. The van der Waals surface area contributed by atoms with Gasteiger partial charge in [-0.05, 0) is 0 Å². The number of alkyl carbamates (subject to hydrolysis) is 1. The van der Waals surface area contributed by atoms with E-state index in [0.717, 1.165) is 0 Å². The van der Waals surface area contributed by atoms with Gasteiger partial charge in [0, 0.05) is 0 Å². The second-order valence-corrected chi connectivity index (χ2v) is 3.90. The number of hydrogen-bond donors (Lipinski definition) is 2. The Morgan fingerprint density at radius 2 is 2.36 bits per heavy atom. The third kappa shape index (κ3) is 2.72. The van der Waals surface area contributed by atoms with E-state index in [4.69, 9.17) is 5.14 Å². The molecule has 0 aromatic carbocycles. The highest BCUT2D eigenvalue weighted by molar-refractivity contribution is 7.89. The van der Waals surface area contributed by atoms with Crippen molar-refractivity contribution in [3.8, 4) is 0 Å². The van der Waals surface area contributed by atoms with E-state index in [2.05, 4.69) is 10.1 Å². The molecule has 1 aliphatic rings. The first kappa shape index (κ1) is 8.28. The van der Waals surface area contributed by atoms with Crippen LogP contribution in [0.1, 0.15) is 0 Å². The summed E-state index contributed by atoms with van der Waals surface area (Å²) in [6.07, 6.45) is -1.24. The van der Waals surface area contributed by atoms with E-state index < -0.39 is 22.2 Å². The number of ether oxygens (including phenoxy) is 1. The number of amides is 1. The third-order valence-corrected chi connectivity index (χ3v) is 2.00. The van der Waals surface area contributed by atoms with Crippen molar-refractivity contribution in [2.45, 2.75) is 6.10 Å². The van der Waals surface area contributed by atoms with Crippen molar-refractivity contribution < 1.29 is 17.9 Å². The molecule has 0 saturated carbocycles. The molecule has 0 radical (unpaired) electrons. The lowest BCUT2D eigenvalue weighted by Crippen LogP contribution is -2.28. The minimum absolute atomic E-state index is 0.204. The van der Waals surface area contributed by atoms with E-state index in [9.17, 15) is 13.2 Å². The first-order valence-electron chi connectivity index (χ1n) is 2.92. The van der Waals surface area contributed by atoms with Gasteiger partial charge in [0.05, 0.1) is 6.54 Å². The van der Waals surface area contributed by atoms with Crippen LogP contribution in [0.2, 0.25) is 0 Å². The number of carbonyl (C=O) groups is 1. The molecule has 0 aromatic rings. The first-order chi connectivity index (χ1) is 4.97. The van der Waals surface area contributed by atoms with Crippen LogP contribution in [0.15, 0.2) is 0 Å². The summed E-state index contributed by atoms with van der Waals surface area (Å²) in [6.45, 7) is 0.204. The molecule has 1 fully saturated rings. The summed E-state index contributed by atoms with van der Waals surface area (Å²) in [7, 11) is -3.55. The minimum atomic E-state index is -3.55. The largest absolute Gasteiger partial charge is 0.443 e. The summed E-state index contributed by atoms with van der Waals surface area (Å²) in [5.74, 6) is -0.328. The average molecular weight is 180 g/mol. The summed E-state index contributed by atoms with van der Waals surface area (Å²) in [4.78, 5) is 10.4. The number of cyclic esters (lactones) is 1. The number of carbonyl (C=O) groups excluding carboxylic acids is 1. The molecule has 11 heavy (non-hydrogen) atoms. The molecule has 1 saturated heterocycles. The van der Waals surface area contributed by atoms with Gasteiger partial charge in [-0.3, -0.25) is 0 Å². The Hall–Kier alpha value is -0.820. The van der Waals surface area contributed by atoms with Crippen molar-refractivity contribution in [2.24, 2.45) is 5.14 Å². The molecule has 1 heterocycles. The van der Waals surface area contributed by atoms with Gasteiger partial charge in [-0.1, -0.05) is 0 Å². The molecule has 0 aliphatic carbocycles. The van der Waals surface area contributed by atoms with E-state index in [0.29, 0.717) is 0 Å². The van der Waals surface area contributed by atoms with Gasteiger partial charge < -0.3 is 10.1 Å². The smallest absolute Gasteiger partial charge is 0.407 e. The summed E-state index contributed by atoms with van der Waals surface area (Å²) >= 11 is 0. The highest BCUT2D eigenvalue weighted by Crippen LogP contribution is 2.00. The average Bonchev–Trinajstić information content (AvgIpc) is 2.10. The number of primary sulfonamides is 1. The van der Waals surface area contributed by atoms with Crippen LogP contribution < -0.4 is 10.5 Å². The van der Waals surface area contributed by atoms with Crippen molar-refractivity contribution in [2.75, 3.05) is 12.3 Å². The maximum Gasteiger partial charge on any atom is 0.407 e. The fourth-order valence-electron chi connectivity index (χ4n) is 0.784. The van der Waals surface area contributed by atoms with Crippen molar-refractivity contribution in [1.29, 1.82) is 0 Å². The molecule has 1 aliphatic heterocycles. The van der Waals surface area contributed by atoms with Gasteiger partial charge in [0.15, 0.2) is 0 Å². The Labute approximate surface area is 63.8 Å². The second-order valence-electron chi connectivity index (χ2n) is 2.24. The third-order valence-electron chi connectivity index (χ3n) is 1.17. The Morgan fingerprint density at radius 3 is 2.73 bits per heavy atom. The number of rotatable bonds is 2. The van der Waals surface area contributed by atoms with Gasteiger partial charge in [0.1, 0.15) is 11.9 Å². The molecule has 1 amide bonds. The van der Waals surface area contributed by atoms with Gasteiger partial charge >= 0.3 is 6.09 Å². The summed E-state index contributed by atoms with van der Waals surface area (Å²) < 4.78 is 25.4. The fraction of sp³-hybridized carbons (Fsp3) is 0.750. The molecule has 1 rings (SSSR count). The van der Waals surface area contributed by atoms with Crippen LogP contribution >= 0.6 is 0 Å². The van der Waals surface area contributed by atoms with E-state index in [1.165, 1.54) is 0 Å². The molecule has 0 aromatic heterocycles. The number of hydrogen-bond acceptors (Lipinski definition) is 4. The van der Waals surface area contributed by atoms with Crippen LogP contribution in [0, 0.1) is 0 Å². The standard InChI is InChI=1S/C4H8N2O4S/c5-11(8,9)2-3-1-6-4(7)10-3/h3H,1-2H2,(H,6,7)(H2,5,8,9). The molecular weight excluding hydrogens is 172 g/mol. The molecule has 3 N–H and O–H groups in total. The van der Waals surface area contributed by atoms with Crippen LogP contribution in [-0.4, -0.2) is 32.9 Å². The molecule has 1 unspecified atom stereocenters. The van der Waals surface area contributed by atoms with Crippen LogP contribution in [0.4, 0.5) is 4.79 Å².